The summed E-state index contributed by atoms with van der Waals surface area (Å²) in [5.74, 6) is 0.793. The van der Waals surface area contributed by atoms with Gasteiger partial charge in [0.05, 0.1) is 36.0 Å². The molecule has 0 amide bonds. The van der Waals surface area contributed by atoms with E-state index in [-0.39, 0.29) is 5.56 Å². The first-order valence-electron chi connectivity index (χ1n) is 9.14. The SMILES string of the molecule is COc1ccc(Cc2cncc(-c3cc(-c4c[nH]c(=O)[nH]c4=O)nnc3C)n2)cc1. The van der Waals surface area contributed by atoms with Crippen molar-refractivity contribution >= 4 is 0 Å². The zero-order valence-electron chi connectivity index (χ0n) is 16.3. The summed E-state index contributed by atoms with van der Waals surface area (Å²) in [6.45, 7) is 1.81. The van der Waals surface area contributed by atoms with Gasteiger partial charge >= 0.3 is 5.69 Å². The molecule has 0 saturated heterocycles. The van der Waals surface area contributed by atoms with Gasteiger partial charge in [0.15, 0.2) is 0 Å². The normalized spacial score (nSPS) is 10.7. The molecule has 3 aromatic heterocycles. The molecule has 0 radical (unpaired) electrons. The summed E-state index contributed by atoms with van der Waals surface area (Å²) in [6.07, 6.45) is 5.28. The molecule has 0 aliphatic carbocycles. The molecule has 9 heteroatoms. The third-order valence-corrected chi connectivity index (χ3v) is 4.58. The molecule has 4 rings (SSSR count). The van der Waals surface area contributed by atoms with Gasteiger partial charge in [-0.25, -0.2) is 9.78 Å². The molecule has 0 spiro atoms. The summed E-state index contributed by atoms with van der Waals surface area (Å²) in [5.41, 5.74) is 3.26. The quantitative estimate of drug-likeness (QED) is 0.522. The lowest BCUT2D eigenvalue weighted by atomic mass is 10.1. The van der Waals surface area contributed by atoms with E-state index >= 15 is 0 Å². The topological polar surface area (TPSA) is 127 Å². The molecule has 150 valence electrons. The highest BCUT2D eigenvalue weighted by atomic mass is 16.5. The molecule has 0 bridgehead atoms. The van der Waals surface area contributed by atoms with E-state index in [4.69, 9.17) is 9.72 Å². The van der Waals surface area contributed by atoms with Gasteiger partial charge < -0.3 is 9.72 Å². The van der Waals surface area contributed by atoms with Crippen LogP contribution in [0.25, 0.3) is 22.5 Å². The standard InChI is InChI=1S/C21H18N6O3/c1-12-16(8-18(27-26-12)17-10-23-21(29)25-20(17)28)19-11-22-9-14(24-19)7-13-3-5-15(30-2)6-4-13/h3-6,8-11H,7H2,1-2H3,(H2,23,25,28,29). The number of rotatable bonds is 5. The summed E-state index contributed by atoms with van der Waals surface area (Å²) < 4.78 is 5.19. The molecule has 0 saturated carbocycles. The molecule has 2 N–H and O–H groups in total. The van der Waals surface area contributed by atoms with Gasteiger partial charge in [0.25, 0.3) is 5.56 Å². The summed E-state index contributed by atoms with van der Waals surface area (Å²) in [7, 11) is 1.63. The predicted molar refractivity (Wildman–Crippen MR) is 110 cm³/mol. The van der Waals surface area contributed by atoms with Crippen LogP contribution in [0.4, 0.5) is 0 Å². The first kappa shape index (κ1) is 19.2. The summed E-state index contributed by atoms with van der Waals surface area (Å²) in [5, 5.41) is 8.23. The number of ether oxygens (including phenoxy) is 1. The van der Waals surface area contributed by atoms with Crippen molar-refractivity contribution in [3.05, 3.63) is 86.7 Å². The van der Waals surface area contributed by atoms with Crippen LogP contribution in [-0.4, -0.2) is 37.2 Å². The Kier molecular flexibility index (Phi) is 5.17. The van der Waals surface area contributed by atoms with Crippen LogP contribution in [0.1, 0.15) is 17.0 Å². The first-order valence-corrected chi connectivity index (χ1v) is 9.14. The van der Waals surface area contributed by atoms with E-state index in [0.29, 0.717) is 29.1 Å². The second kappa shape index (κ2) is 8.08. The van der Waals surface area contributed by atoms with Gasteiger partial charge in [-0.05, 0) is 30.7 Å². The fourth-order valence-electron chi connectivity index (χ4n) is 3.02. The van der Waals surface area contributed by atoms with Gasteiger partial charge in [-0.15, -0.1) is 5.10 Å². The minimum absolute atomic E-state index is 0.214. The summed E-state index contributed by atoms with van der Waals surface area (Å²) in [4.78, 5) is 37.0. The molecule has 0 atom stereocenters. The minimum atomic E-state index is -0.582. The van der Waals surface area contributed by atoms with E-state index in [9.17, 15) is 9.59 Å². The largest absolute Gasteiger partial charge is 0.497 e. The molecule has 3 heterocycles. The van der Waals surface area contributed by atoms with Crippen molar-refractivity contribution in [1.82, 2.24) is 30.1 Å². The number of nitrogens with one attached hydrogen (secondary N) is 2. The number of hydrogen-bond acceptors (Lipinski definition) is 7. The van der Waals surface area contributed by atoms with Crippen LogP contribution in [0.5, 0.6) is 5.75 Å². The lowest BCUT2D eigenvalue weighted by Gasteiger charge is -2.08. The van der Waals surface area contributed by atoms with Gasteiger partial charge in [0.2, 0.25) is 0 Å². The van der Waals surface area contributed by atoms with Gasteiger partial charge in [-0.3, -0.25) is 14.8 Å². The molecule has 4 aromatic rings. The van der Waals surface area contributed by atoms with Gasteiger partial charge in [-0.1, -0.05) is 12.1 Å². The number of aryl methyl sites for hydroxylation is 1. The van der Waals surface area contributed by atoms with E-state index in [1.165, 1.54) is 6.20 Å². The Morgan fingerprint density at radius 3 is 2.53 bits per heavy atom. The monoisotopic (exact) mass is 402 g/mol. The van der Waals surface area contributed by atoms with E-state index < -0.39 is 11.2 Å². The summed E-state index contributed by atoms with van der Waals surface area (Å²) in [6, 6.07) is 9.47. The van der Waals surface area contributed by atoms with Crippen LogP contribution in [-0.2, 0) is 6.42 Å². The molecule has 9 nitrogen and oxygen atoms in total. The van der Waals surface area contributed by atoms with Gasteiger partial charge in [0, 0.05) is 24.4 Å². The second-order valence-electron chi connectivity index (χ2n) is 6.63. The molecular formula is C21H18N6O3. The molecule has 1 aromatic carbocycles. The molecular weight excluding hydrogens is 384 g/mol. The minimum Gasteiger partial charge on any atom is -0.497 e. The Bertz CT molecular complexity index is 1310. The van der Waals surface area contributed by atoms with Crippen LogP contribution < -0.4 is 16.0 Å². The summed E-state index contributed by atoms with van der Waals surface area (Å²) >= 11 is 0. The van der Waals surface area contributed by atoms with E-state index in [2.05, 4.69) is 25.1 Å². The number of methoxy groups -OCH3 is 1. The van der Waals surface area contributed by atoms with Gasteiger partial charge in [0.1, 0.15) is 11.4 Å². The van der Waals surface area contributed by atoms with Crippen molar-refractivity contribution in [2.24, 2.45) is 0 Å². The molecule has 30 heavy (non-hydrogen) atoms. The van der Waals surface area contributed by atoms with E-state index in [0.717, 1.165) is 17.0 Å². The molecule has 0 aliphatic heterocycles. The maximum Gasteiger partial charge on any atom is 0.325 e. The zero-order valence-corrected chi connectivity index (χ0v) is 16.3. The van der Waals surface area contributed by atoms with Crippen molar-refractivity contribution in [2.45, 2.75) is 13.3 Å². The van der Waals surface area contributed by atoms with Crippen molar-refractivity contribution < 1.29 is 4.74 Å². The Morgan fingerprint density at radius 2 is 1.80 bits per heavy atom. The van der Waals surface area contributed by atoms with Crippen LogP contribution in [0.3, 0.4) is 0 Å². The Morgan fingerprint density at radius 1 is 1.00 bits per heavy atom. The van der Waals surface area contributed by atoms with Crippen LogP contribution in [0.2, 0.25) is 0 Å². The third kappa shape index (κ3) is 4.00. The average Bonchev–Trinajstić information content (AvgIpc) is 2.75. The smallest absolute Gasteiger partial charge is 0.325 e. The maximum absolute atomic E-state index is 12.1. The number of aromatic nitrogens is 6. The van der Waals surface area contributed by atoms with Gasteiger partial charge in [-0.2, -0.15) is 5.10 Å². The molecule has 0 fully saturated rings. The zero-order chi connectivity index (χ0) is 21.1. The third-order valence-electron chi connectivity index (χ3n) is 4.58. The van der Waals surface area contributed by atoms with Crippen molar-refractivity contribution in [1.29, 1.82) is 0 Å². The number of hydrogen-bond donors (Lipinski definition) is 2. The molecule has 0 unspecified atom stereocenters. The number of nitrogens with zero attached hydrogens (tertiary/aromatic N) is 4. The lowest BCUT2D eigenvalue weighted by molar-refractivity contribution is 0.414. The van der Waals surface area contributed by atoms with E-state index in [1.54, 1.807) is 32.5 Å². The Labute approximate surface area is 170 Å². The fraction of sp³-hybridized carbons (Fsp3) is 0.143. The lowest BCUT2D eigenvalue weighted by Crippen LogP contribution is -2.23. The second-order valence-corrected chi connectivity index (χ2v) is 6.63. The van der Waals surface area contributed by atoms with Crippen LogP contribution in [0.15, 0.2) is 58.5 Å². The van der Waals surface area contributed by atoms with Crippen molar-refractivity contribution in [3.8, 4) is 28.3 Å². The average molecular weight is 402 g/mol. The predicted octanol–water partition coefficient (Wildman–Crippen LogP) is 1.89. The Hall–Kier alpha value is -4.14. The van der Waals surface area contributed by atoms with E-state index in [1.807, 2.05) is 24.3 Å². The fourth-order valence-corrected chi connectivity index (χ4v) is 3.02. The van der Waals surface area contributed by atoms with Crippen LogP contribution in [0, 0.1) is 6.92 Å². The van der Waals surface area contributed by atoms with Crippen LogP contribution >= 0.6 is 0 Å². The van der Waals surface area contributed by atoms with Crippen molar-refractivity contribution in [3.63, 3.8) is 0 Å². The first-order chi connectivity index (χ1) is 14.5. The Balaban J connectivity index is 1.69. The highest BCUT2D eigenvalue weighted by molar-refractivity contribution is 5.68. The number of aromatic amines is 2. The molecule has 0 aliphatic rings. The van der Waals surface area contributed by atoms with Crippen molar-refractivity contribution in [2.75, 3.05) is 7.11 Å². The number of benzene rings is 1. The highest BCUT2D eigenvalue weighted by Gasteiger charge is 2.13. The highest BCUT2D eigenvalue weighted by Crippen LogP contribution is 2.23. The maximum atomic E-state index is 12.1. The number of H-pyrrole nitrogens is 2.